The molecule has 0 saturated carbocycles. The van der Waals surface area contributed by atoms with Gasteiger partial charge in [0.05, 0.1) is 19.3 Å². The summed E-state index contributed by atoms with van der Waals surface area (Å²) in [6.45, 7) is 3.67. The summed E-state index contributed by atoms with van der Waals surface area (Å²) < 4.78 is 11.2. The van der Waals surface area contributed by atoms with Crippen molar-refractivity contribution in [1.82, 2.24) is 0 Å². The molecular formula is C15H22O2. The van der Waals surface area contributed by atoms with Gasteiger partial charge in [-0.2, -0.15) is 0 Å². The lowest BCUT2D eigenvalue weighted by Gasteiger charge is -2.01. The number of rotatable bonds is 8. The molecule has 17 heavy (non-hydrogen) atoms. The topological polar surface area (TPSA) is 21.8 Å². The molecule has 0 N–H and O–H groups in total. The van der Waals surface area contributed by atoms with E-state index in [1.165, 1.54) is 31.2 Å². The van der Waals surface area contributed by atoms with Crippen molar-refractivity contribution in [3.8, 4) is 0 Å². The Morgan fingerprint density at radius 1 is 1.12 bits per heavy atom. The minimum absolute atomic E-state index is 0.357. The van der Waals surface area contributed by atoms with Gasteiger partial charge in [0.25, 0.3) is 0 Å². The molecule has 1 aliphatic rings. The van der Waals surface area contributed by atoms with E-state index in [1.54, 1.807) is 0 Å². The minimum Gasteiger partial charge on any atom is -0.374 e. The van der Waals surface area contributed by atoms with Gasteiger partial charge in [0.2, 0.25) is 0 Å². The molecule has 0 spiro atoms. The molecule has 2 atom stereocenters. The van der Waals surface area contributed by atoms with E-state index in [-0.39, 0.29) is 0 Å². The highest BCUT2D eigenvalue weighted by atomic mass is 16.6. The summed E-state index contributed by atoms with van der Waals surface area (Å²) in [5.74, 6) is 0. The van der Waals surface area contributed by atoms with Gasteiger partial charge < -0.3 is 9.47 Å². The van der Waals surface area contributed by atoms with Crippen LogP contribution in [0.3, 0.4) is 0 Å². The maximum absolute atomic E-state index is 5.66. The number of ether oxygens (including phenoxy) is 2. The van der Waals surface area contributed by atoms with Gasteiger partial charge in [0.1, 0.15) is 6.10 Å². The van der Waals surface area contributed by atoms with Crippen LogP contribution in [0.2, 0.25) is 0 Å². The number of unbranched alkanes of at least 4 members (excludes halogenated alkanes) is 2. The van der Waals surface area contributed by atoms with Gasteiger partial charge in [-0.3, -0.25) is 0 Å². The quantitative estimate of drug-likeness (QED) is 0.507. The van der Waals surface area contributed by atoms with Crippen molar-refractivity contribution >= 4 is 0 Å². The van der Waals surface area contributed by atoms with Crippen molar-refractivity contribution in [3.63, 3.8) is 0 Å². The lowest BCUT2D eigenvalue weighted by molar-refractivity contribution is 0.104. The van der Waals surface area contributed by atoms with E-state index in [0.717, 1.165) is 6.61 Å². The average Bonchev–Trinajstić information content (AvgIpc) is 3.10. The molecule has 1 heterocycles. The van der Waals surface area contributed by atoms with Crippen LogP contribution in [0.1, 0.15) is 38.2 Å². The van der Waals surface area contributed by atoms with Crippen molar-refractivity contribution in [2.45, 2.75) is 51.4 Å². The fourth-order valence-corrected chi connectivity index (χ4v) is 2.04. The first-order chi connectivity index (χ1) is 8.40. The summed E-state index contributed by atoms with van der Waals surface area (Å²) in [5.41, 5.74) is 1.23. The summed E-state index contributed by atoms with van der Waals surface area (Å²) in [6.07, 6.45) is 5.91. The molecule has 1 aromatic carbocycles. The third kappa shape index (κ3) is 4.49. The zero-order chi connectivity index (χ0) is 11.9. The standard InChI is InChI=1S/C15H22O2/c1-2-3-5-10-14-15(17-14)12-16-11-13-8-6-4-7-9-13/h4,6-9,14-15H,2-3,5,10-12H2,1H3/t14-,15+/m1/s1. The first kappa shape index (κ1) is 12.6. The average molecular weight is 234 g/mol. The highest BCUT2D eigenvalue weighted by Crippen LogP contribution is 2.27. The van der Waals surface area contributed by atoms with Crippen molar-refractivity contribution in [3.05, 3.63) is 35.9 Å². The van der Waals surface area contributed by atoms with Crippen molar-refractivity contribution in [1.29, 1.82) is 0 Å². The van der Waals surface area contributed by atoms with Gasteiger partial charge in [0, 0.05) is 0 Å². The van der Waals surface area contributed by atoms with E-state index in [1.807, 2.05) is 18.2 Å². The summed E-state index contributed by atoms with van der Waals surface area (Å²) in [6, 6.07) is 10.3. The summed E-state index contributed by atoms with van der Waals surface area (Å²) in [7, 11) is 0. The first-order valence-electron chi connectivity index (χ1n) is 6.67. The molecule has 1 fully saturated rings. The predicted octanol–water partition coefficient (Wildman–Crippen LogP) is 3.55. The molecule has 2 rings (SSSR count). The van der Waals surface area contributed by atoms with Crippen molar-refractivity contribution in [2.24, 2.45) is 0 Å². The normalized spacial score (nSPS) is 22.6. The molecule has 0 amide bonds. The Bertz CT molecular complexity index is 310. The van der Waals surface area contributed by atoms with Crippen LogP contribution >= 0.6 is 0 Å². The highest BCUT2D eigenvalue weighted by Gasteiger charge is 2.37. The Morgan fingerprint density at radius 3 is 2.71 bits per heavy atom. The van der Waals surface area contributed by atoms with E-state index in [0.29, 0.717) is 18.8 Å². The Balaban J connectivity index is 1.53. The largest absolute Gasteiger partial charge is 0.374 e. The Kier molecular flexibility index (Phi) is 5.02. The first-order valence-corrected chi connectivity index (χ1v) is 6.67. The molecular weight excluding hydrogens is 212 g/mol. The number of benzene rings is 1. The maximum atomic E-state index is 5.66. The fourth-order valence-electron chi connectivity index (χ4n) is 2.04. The zero-order valence-electron chi connectivity index (χ0n) is 10.6. The van der Waals surface area contributed by atoms with Crippen LogP contribution in [0.4, 0.5) is 0 Å². The van der Waals surface area contributed by atoms with Crippen LogP contribution in [0.25, 0.3) is 0 Å². The fraction of sp³-hybridized carbons (Fsp3) is 0.600. The van der Waals surface area contributed by atoms with Gasteiger partial charge in [-0.1, -0.05) is 56.5 Å². The molecule has 0 unspecified atom stereocenters. The SMILES string of the molecule is CCCCC[C@H]1O[C@H]1COCc1ccccc1. The Hall–Kier alpha value is -0.860. The van der Waals surface area contributed by atoms with Gasteiger partial charge >= 0.3 is 0 Å². The smallest absolute Gasteiger partial charge is 0.107 e. The van der Waals surface area contributed by atoms with Gasteiger partial charge in [-0.25, -0.2) is 0 Å². The van der Waals surface area contributed by atoms with Crippen LogP contribution < -0.4 is 0 Å². The lowest BCUT2D eigenvalue weighted by Crippen LogP contribution is -2.05. The van der Waals surface area contributed by atoms with Gasteiger partial charge in [-0.05, 0) is 12.0 Å². The van der Waals surface area contributed by atoms with Crippen LogP contribution in [0.5, 0.6) is 0 Å². The molecule has 1 aromatic rings. The number of hydrogen-bond acceptors (Lipinski definition) is 2. The highest BCUT2D eigenvalue weighted by molar-refractivity contribution is 5.13. The summed E-state index contributed by atoms with van der Waals surface area (Å²) >= 11 is 0. The molecule has 1 saturated heterocycles. The van der Waals surface area contributed by atoms with E-state index in [2.05, 4.69) is 19.1 Å². The maximum Gasteiger partial charge on any atom is 0.107 e. The zero-order valence-corrected chi connectivity index (χ0v) is 10.6. The number of epoxide rings is 1. The van der Waals surface area contributed by atoms with Crippen LogP contribution in [0.15, 0.2) is 30.3 Å². The third-order valence-corrected chi connectivity index (χ3v) is 3.17. The summed E-state index contributed by atoms with van der Waals surface area (Å²) in [4.78, 5) is 0. The molecule has 94 valence electrons. The lowest BCUT2D eigenvalue weighted by atomic mass is 10.1. The second-order valence-corrected chi connectivity index (χ2v) is 4.71. The predicted molar refractivity (Wildman–Crippen MR) is 68.9 cm³/mol. The van der Waals surface area contributed by atoms with Crippen molar-refractivity contribution in [2.75, 3.05) is 6.61 Å². The molecule has 0 aliphatic carbocycles. The van der Waals surface area contributed by atoms with E-state index >= 15 is 0 Å². The molecule has 0 aromatic heterocycles. The molecule has 2 nitrogen and oxygen atoms in total. The monoisotopic (exact) mass is 234 g/mol. The number of hydrogen-bond donors (Lipinski definition) is 0. The summed E-state index contributed by atoms with van der Waals surface area (Å²) in [5, 5.41) is 0. The minimum atomic E-state index is 0.357. The Labute approximate surface area is 104 Å². The van der Waals surface area contributed by atoms with Crippen LogP contribution in [0, 0.1) is 0 Å². The van der Waals surface area contributed by atoms with Crippen LogP contribution in [-0.2, 0) is 16.1 Å². The third-order valence-electron chi connectivity index (χ3n) is 3.17. The van der Waals surface area contributed by atoms with E-state index in [4.69, 9.17) is 9.47 Å². The van der Waals surface area contributed by atoms with E-state index < -0.39 is 0 Å². The van der Waals surface area contributed by atoms with E-state index in [9.17, 15) is 0 Å². The second-order valence-electron chi connectivity index (χ2n) is 4.71. The van der Waals surface area contributed by atoms with Crippen molar-refractivity contribution < 1.29 is 9.47 Å². The molecule has 0 radical (unpaired) electrons. The molecule has 0 bridgehead atoms. The molecule has 2 heteroatoms. The Morgan fingerprint density at radius 2 is 1.94 bits per heavy atom. The molecule has 1 aliphatic heterocycles. The van der Waals surface area contributed by atoms with Crippen LogP contribution in [-0.4, -0.2) is 18.8 Å². The second kappa shape index (κ2) is 6.77. The van der Waals surface area contributed by atoms with Gasteiger partial charge in [0.15, 0.2) is 0 Å². The van der Waals surface area contributed by atoms with Gasteiger partial charge in [-0.15, -0.1) is 0 Å².